The molecule has 1 atom stereocenters. The Morgan fingerprint density at radius 1 is 1.00 bits per heavy atom. The zero-order valence-corrected chi connectivity index (χ0v) is 14.0. The van der Waals surface area contributed by atoms with Crippen LogP contribution in [-0.4, -0.2) is 35.2 Å². The van der Waals surface area contributed by atoms with E-state index in [1.807, 2.05) is 24.3 Å². The van der Waals surface area contributed by atoms with Crippen LogP contribution in [0.5, 0.6) is 5.75 Å². The van der Waals surface area contributed by atoms with Crippen molar-refractivity contribution in [2.24, 2.45) is 0 Å². The highest BCUT2D eigenvalue weighted by Crippen LogP contribution is 2.43. The Hall–Kier alpha value is -1.84. The van der Waals surface area contributed by atoms with E-state index < -0.39 is 6.10 Å². The summed E-state index contributed by atoms with van der Waals surface area (Å²) in [5.74, 6) is 0.869. The Morgan fingerprint density at radius 3 is 2.50 bits per heavy atom. The molecule has 1 N–H and O–H groups in total. The molecule has 3 nitrogen and oxygen atoms in total. The highest BCUT2D eigenvalue weighted by Gasteiger charge is 2.42. The standard InChI is InChI=1S/C21H25NO2/c23-19-16-21(24-20-9-5-4-8-18(19)20)11-14-22(15-12-21)13-10-17-6-2-1-3-7-17/h1-9,19,23H,10-16H2. The van der Waals surface area contributed by atoms with Gasteiger partial charge in [-0.15, -0.1) is 0 Å². The molecule has 1 unspecified atom stereocenters. The van der Waals surface area contributed by atoms with Crippen molar-refractivity contribution in [3.05, 3.63) is 65.7 Å². The second-order valence-corrected chi connectivity index (χ2v) is 7.12. The molecule has 0 bridgehead atoms. The summed E-state index contributed by atoms with van der Waals surface area (Å²) in [5.41, 5.74) is 2.16. The zero-order chi connectivity index (χ0) is 16.4. The SMILES string of the molecule is OC1CC2(CCN(CCc3ccccc3)CC2)Oc2ccccc21. The maximum atomic E-state index is 10.5. The molecule has 2 aromatic carbocycles. The first kappa shape index (κ1) is 15.7. The van der Waals surface area contributed by atoms with Gasteiger partial charge >= 0.3 is 0 Å². The molecule has 2 aromatic rings. The fourth-order valence-electron chi connectivity index (χ4n) is 4.01. The van der Waals surface area contributed by atoms with Gasteiger partial charge in [0.1, 0.15) is 11.4 Å². The Labute approximate surface area is 143 Å². The zero-order valence-electron chi connectivity index (χ0n) is 14.0. The minimum absolute atomic E-state index is 0.184. The van der Waals surface area contributed by atoms with Crippen LogP contribution in [0.3, 0.4) is 0 Å². The van der Waals surface area contributed by atoms with Crippen molar-refractivity contribution in [2.45, 2.75) is 37.4 Å². The topological polar surface area (TPSA) is 32.7 Å². The quantitative estimate of drug-likeness (QED) is 0.937. The molecule has 0 aromatic heterocycles. The number of likely N-dealkylation sites (tertiary alicyclic amines) is 1. The average molecular weight is 323 g/mol. The molecule has 1 saturated heterocycles. The number of aliphatic hydroxyl groups excluding tert-OH is 1. The van der Waals surface area contributed by atoms with Crippen LogP contribution in [-0.2, 0) is 6.42 Å². The molecule has 126 valence electrons. The van der Waals surface area contributed by atoms with Gasteiger partial charge in [-0.05, 0) is 30.9 Å². The van der Waals surface area contributed by atoms with E-state index in [1.54, 1.807) is 0 Å². The molecular formula is C21H25NO2. The number of rotatable bonds is 3. The highest BCUT2D eigenvalue weighted by atomic mass is 16.5. The van der Waals surface area contributed by atoms with E-state index in [1.165, 1.54) is 5.56 Å². The number of piperidine rings is 1. The van der Waals surface area contributed by atoms with E-state index in [4.69, 9.17) is 4.74 Å². The fraction of sp³-hybridized carbons (Fsp3) is 0.429. The number of nitrogens with zero attached hydrogens (tertiary/aromatic N) is 1. The van der Waals surface area contributed by atoms with Crippen LogP contribution in [0.4, 0.5) is 0 Å². The summed E-state index contributed by atoms with van der Waals surface area (Å²) < 4.78 is 6.36. The molecule has 0 amide bonds. The van der Waals surface area contributed by atoms with Gasteiger partial charge in [0, 0.05) is 31.6 Å². The molecule has 0 radical (unpaired) electrons. The third-order valence-corrected chi connectivity index (χ3v) is 5.50. The second kappa shape index (κ2) is 6.58. The van der Waals surface area contributed by atoms with E-state index in [-0.39, 0.29) is 5.60 Å². The smallest absolute Gasteiger partial charge is 0.125 e. The number of hydrogen-bond donors (Lipinski definition) is 1. The van der Waals surface area contributed by atoms with Crippen LogP contribution in [0.1, 0.15) is 36.5 Å². The van der Waals surface area contributed by atoms with Gasteiger partial charge in [0.15, 0.2) is 0 Å². The van der Waals surface area contributed by atoms with Gasteiger partial charge in [-0.1, -0.05) is 48.5 Å². The average Bonchev–Trinajstić information content (AvgIpc) is 2.62. The molecule has 4 rings (SSSR count). The minimum Gasteiger partial charge on any atom is -0.487 e. The number of fused-ring (bicyclic) bond motifs is 1. The molecular weight excluding hydrogens is 298 g/mol. The van der Waals surface area contributed by atoms with Gasteiger partial charge in [-0.25, -0.2) is 0 Å². The molecule has 1 fully saturated rings. The predicted molar refractivity (Wildman–Crippen MR) is 95.2 cm³/mol. The Kier molecular flexibility index (Phi) is 4.30. The lowest BCUT2D eigenvalue weighted by molar-refractivity contribution is -0.0536. The Morgan fingerprint density at radius 2 is 1.71 bits per heavy atom. The first-order valence-electron chi connectivity index (χ1n) is 8.96. The number of benzene rings is 2. The van der Waals surface area contributed by atoms with E-state index in [0.717, 1.165) is 56.6 Å². The largest absolute Gasteiger partial charge is 0.487 e. The van der Waals surface area contributed by atoms with E-state index in [0.29, 0.717) is 0 Å². The van der Waals surface area contributed by atoms with Gasteiger partial charge in [0.2, 0.25) is 0 Å². The van der Waals surface area contributed by atoms with Gasteiger partial charge in [0.05, 0.1) is 6.10 Å². The normalized spacial score (nSPS) is 22.8. The Bertz CT molecular complexity index is 677. The maximum absolute atomic E-state index is 10.5. The molecule has 2 aliphatic rings. The molecule has 0 aliphatic carbocycles. The number of hydrogen-bond acceptors (Lipinski definition) is 3. The molecule has 1 spiro atoms. The number of ether oxygens (including phenoxy) is 1. The third-order valence-electron chi connectivity index (χ3n) is 5.50. The van der Waals surface area contributed by atoms with Crippen molar-refractivity contribution in [3.63, 3.8) is 0 Å². The molecule has 24 heavy (non-hydrogen) atoms. The summed E-state index contributed by atoms with van der Waals surface area (Å²) in [6, 6.07) is 18.6. The third kappa shape index (κ3) is 3.19. The van der Waals surface area contributed by atoms with Crippen LogP contribution in [0.25, 0.3) is 0 Å². The first-order valence-corrected chi connectivity index (χ1v) is 8.96. The van der Waals surface area contributed by atoms with E-state index >= 15 is 0 Å². The summed E-state index contributed by atoms with van der Waals surface area (Å²) in [6.45, 7) is 3.18. The summed E-state index contributed by atoms with van der Waals surface area (Å²) >= 11 is 0. The van der Waals surface area contributed by atoms with Crippen molar-refractivity contribution in [1.82, 2.24) is 4.90 Å². The van der Waals surface area contributed by atoms with Gasteiger partial charge in [0.25, 0.3) is 0 Å². The molecule has 2 heterocycles. The molecule has 3 heteroatoms. The van der Waals surface area contributed by atoms with Gasteiger partial charge < -0.3 is 14.7 Å². The summed E-state index contributed by atoms with van der Waals surface area (Å²) in [5, 5.41) is 10.5. The highest BCUT2D eigenvalue weighted by molar-refractivity contribution is 5.38. The Balaban J connectivity index is 1.36. The van der Waals surface area contributed by atoms with Crippen LogP contribution in [0, 0.1) is 0 Å². The van der Waals surface area contributed by atoms with Crippen molar-refractivity contribution in [1.29, 1.82) is 0 Å². The lowest BCUT2D eigenvalue weighted by Gasteiger charge is -2.46. The van der Waals surface area contributed by atoms with Crippen LogP contribution >= 0.6 is 0 Å². The van der Waals surface area contributed by atoms with Crippen LogP contribution in [0.2, 0.25) is 0 Å². The van der Waals surface area contributed by atoms with Gasteiger partial charge in [-0.2, -0.15) is 0 Å². The van der Waals surface area contributed by atoms with Crippen molar-refractivity contribution < 1.29 is 9.84 Å². The van der Waals surface area contributed by atoms with Crippen molar-refractivity contribution in [2.75, 3.05) is 19.6 Å². The number of para-hydroxylation sites is 1. The van der Waals surface area contributed by atoms with Crippen LogP contribution < -0.4 is 4.74 Å². The summed E-state index contributed by atoms with van der Waals surface area (Å²) in [7, 11) is 0. The summed E-state index contributed by atoms with van der Waals surface area (Å²) in [6.07, 6.45) is 3.41. The lowest BCUT2D eigenvalue weighted by Crippen LogP contribution is -2.50. The predicted octanol–water partition coefficient (Wildman–Crippen LogP) is 3.58. The second-order valence-electron chi connectivity index (χ2n) is 7.12. The molecule has 2 aliphatic heterocycles. The summed E-state index contributed by atoms with van der Waals surface area (Å²) in [4.78, 5) is 2.52. The fourth-order valence-corrected chi connectivity index (χ4v) is 4.01. The monoisotopic (exact) mass is 323 g/mol. The van der Waals surface area contributed by atoms with Gasteiger partial charge in [-0.3, -0.25) is 0 Å². The first-order chi connectivity index (χ1) is 11.7. The maximum Gasteiger partial charge on any atom is 0.125 e. The van der Waals surface area contributed by atoms with E-state index in [2.05, 4.69) is 35.2 Å². The molecule has 0 saturated carbocycles. The lowest BCUT2D eigenvalue weighted by atomic mass is 9.81. The van der Waals surface area contributed by atoms with E-state index in [9.17, 15) is 5.11 Å². The van der Waals surface area contributed by atoms with Crippen molar-refractivity contribution >= 4 is 0 Å². The van der Waals surface area contributed by atoms with Crippen LogP contribution in [0.15, 0.2) is 54.6 Å². The minimum atomic E-state index is -0.397. The number of aliphatic hydroxyl groups is 1. The van der Waals surface area contributed by atoms with Crippen molar-refractivity contribution in [3.8, 4) is 5.75 Å².